The van der Waals surface area contributed by atoms with Crippen molar-refractivity contribution >= 4 is 32.7 Å². The van der Waals surface area contributed by atoms with E-state index >= 15 is 0 Å². The summed E-state index contributed by atoms with van der Waals surface area (Å²) in [7, 11) is 0. The van der Waals surface area contributed by atoms with Gasteiger partial charge in [-0.05, 0) is 46.3 Å². The third-order valence-electron chi connectivity index (χ3n) is 2.91. The Morgan fingerprint density at radius 2 is 2.05 bits per heavy atom. The quantitative estimate of drug-likeness (QED) is 0.783. The van der Waals surface area contributed by atoms with Gasteiger partial charge in [0.15, 0.2) is 0 Å². The molecule has 0 saturated carbocycles. The second-order valence-electron chi connectivity index (χ2n) is 4.33. The molecule has 0 amide bonds. The van der Waals surface area contributed by atoms with Gasteiger partial charge in [0.1, 0.15) is 11.6 Å². The van der Waals surface area contributed by atoms with Crippen LogP contribution in [0.3, 0.4) is 0 Å². The monoisotopic (exact) mass is 331 g/mol. The summed E-state index contributed by atoms with van der Waals surface area (Å²) in [5, 5.41) is 4.07. The fourth-order valence-corrected chi connectivity index (χ4v) is 2.26. The van der Waals surface area contributed by atoms with Crippen molar-refractivity contribution in [3.63, 3.8) is 0 Å². The first-order valence-corrected chi connectivity index (χ1v) is 6.91. The SMILES string of the molecule is Fc1cc2nc(NCc3ccccn3)ccc2cc1Br. The average Bonchev–Trinajstić information content (AvgIpc) is 2.47. The van der Waals surface area contributed by atoms with Crippen LogP contribution in [0, 0.1) is 5.82 Å². The number of anilines is 1. The minimum atomic E-state index is -0.313. The zero-order chi connectivity index (χ0) is 13.9. The number of hydrogen-bond donors (Lipinski definition) is 1. The molecule has 0 bridgehead atoms. The summed E-state index contributed by atoms with van der Waals surface area (Å²) in [5.41, 5.74) is 1.55. The Labute approximate surface area is 124 Å². The van der Waals surface area contributed by atoms with Crippen molar-refractivity contribution in [2.45, 2.75) is 6.54 Å². The normalized spacial score (nSPS) is 10.7. The molecule has 0 aliphatic carbocycles. The van der Waals surface area contributed by atoms with Crippen molar-refractivity contribution in [2.75, 3.05) is 5.32 Å². The Balaban J connectivity index is 1.84. The van der Waals surface area contributed by atoms with E-state index in [1.54, 1.807) is 12.3 Å². The van der Waals surface area contributed by atoms with Crippen LogP contribution in [0.4, 0.5) is 10.2 Å². The Kier molecular flexibility index (Phi) is 3.60. The molecule has 0 atom stereocenters. The van der Waals surface area contributed by atoms with Gasteiger partial charge in [-0.3, -0.25) is 4.98 Å². The van der Waals surface area contributed by atoms with E-state index in [1.807, 2.05) is 30.3 Å². The molecule has 3 rings (SSSR count). The number of hydrogen-bond acceptors (Lipinski definition) is 3. The molecular weight excluding hydrogens is 321 g/mol. The molecule has 0 aliphatic heterocycles. The second-order valence-corrected chi connectivity index (χ2v) is 5.18. The molecular formula is C15H11BrFN3. The van der Waals surface area contributed by atoms with Gasteiger partial charge in [-0.2, -0.15) is 0 Å². The summed E-state index contributed by atoms with van der Waals surface area (Å²) in [6.07, 6.45) is 1.75. The lowest BCUT2D eigenvalue weighted by Crippen LogP contribution is -2.02. The van der Waals surface area contributed by atoms with Crippen LogP contribution >= 0.6 is 15.9 Å². The highest BCUT2D eigenvalue weighted by Crippen LogP contribution is 2.23. The molecule has 0 saturated heterocycles. The fraction of sp³-hybridized carbons (Fsp3) is 0.0667. The van der Waals surface area contributed by atoms with E-state index in [1.165, 1.54) is 6.07 Å². The van der Waals surface area contributed by atoms with Crippen molar-refractivity contribution < 1.29 is 4.39 Å². The predicted molar refractivity (Wildman–Crippen MR) is 81.0 cm³/mol. The van der Waals surface area contributed by atoms with Gasteiger partial charge in [-0.25, -0.2) is 9.37 Å². The molecule has 2 aromatic heterocycles. The van der Waals surface area contributed by atoms with E-state index in [2.05, 4.69) is 31.2 Å². The van der Waals surface area contributed by atoms with Gasteiger partial charge in [0.05, 0.1) is 22.2 Å². The van der Waals surface area contributed by atoms with Crippen molar-refractivity contribution in [1.29, 1.82) is 0 Å². The molecule has 100 valence electrons. The Morgan fingerprint density at radius 1 is 1.15 bits per heavy atom. The standard InChI is InChI=1S/C15H11BrFN3/c16-12-7-10-4-5-15(20-14(10)8-13(12)17)19-9-11-3-1-2-6-18-11/h1-8H,9H2,(H,19,20). The van der Waals surface area contributed by atoms with Gasteiger partial charge in [0.2, 0.25) is 0 Å². The van der Waals surface area contributed by atoms with E-state index < -0.39 is 0 Å². The molecule has 20 heavy (non-hydrogen) atoms. The van der Waals surface area contributed by atoms with E-state index in [-0.39, 0.29) is 5.82 Å². The number of rotatable bonds is 3. The maximum atomic E-state index is 13.5. The van der Waals surface area contributed by atoms with Gasteiger partial charge in [0, 0.05) is 17.6 Å². The van der Waals surface area contributed by atoms with Crippen LogP contribution in [0.1, 0.15) is 5.69 Å². The van der Waals surface area contributed by atoms with Crippen LogP contribution in [-0.2, 0) is 6.54 Å². The Bertz CT molecular complexity index is 747. The largest absolute Gasteiger partial charge is 0.364 e. The van der Waals surface area contributed by atoms with Crippen LogP contribution in [0.2, 0.25) is 0 Å². The number of fused-ring (bicyclic) bond motifs is 1. The molecule has 1 aromatic carbocycles. The highest BCUT2D eigenvalue weighted by atomic mass is 79.9. The summed E-state index contributed by atoms with van der Waals surface area (Å²) < 4.78 is 14.0. The first kappa shape index (κ1) is 13.0. The lowest BCUT2D eigenvalue weighted by atomic mass is 10.2. The number of pyridine rings is 2. The molecule has 0 fully saturated rings. The maximum Gasteiger partial charge on any atom is 0.139 e. The van der Waals surface area contributed by atoms with Crippen LogP contribution in [0.15, 0.2) is 53.1 Å². The van der Waals surface area contributed by atoms with E-state index in [4.69, 9.17) is 0 Å². The van der Waals surface area contributed by atoms with Gasteiger partial charge in [-0.15, -0.1) is 0 Å². The van der Waals surface area contributed by atoms with Crippen LogP contribution < -0.4 is 5.32 Å². The van der Waals surface area contributed by atoms with Crippen LogP contribution in [0.25, 0.3) is 10.9 Å². The van der Waals surface area contributed by atoms with Crippen LogP contribution in [0.5, 0.6) is 0 Å². The number of aromatic nitrogens is 2. The second kappa shape index (κ2) is 5.54. The zero-order valence-electron chi connectivity index (χ0n) is 10.5. The molecule has 2 heterocycles. The van der Waals surface area contributed by atoms with E-state index in [9.17, 15) is 4.39 Å². The van der Waals surface area contributed by atoms with E-state index in [0.29, 0.717) is 22.4 Å². The molecule has 0 spiro atoms. The Hall–Kier alpha value is -2.01. The molecule has 3 aromatic rings. The topological polar surface area (TPSA) is 37.8 Å². The fourth-order valence-electron chi connectivity index (χ4n) is 1.90. The van der Waals surface area contributed by atoms with Gasteiger partial charge in [-0.1, -0.05) is 6.07 Å². The average molecular weight is 332 g/mol. The van der Waals surface area contributed by atoms with Crippen LogP contribution in [-0.4, -0.2) is 9.97 Å². The Morgan fingerprint density at radius 3 is 2.85 bits per heavy atom. The summed E-state index contributed by atoms with van der Waals surface area (Å²) in [4.78, 5) is 8.62. The molecule has 0 radical (unpaired) electrons. The van der Waals surface area contributed by atoms with Crippen molar-refractivity contribution in [3.8, 4) is 0 Å². The highest BCUT2D eigenvalue weighted by Gasteiger charge is 2.04. The van der Waals surface area contributed by atoms with Gasteiger partial charge < -0.3 is 5.32 Å². The third kappa shape index (κ3) is 2.77. The summed E-state index contributed by atoms with van der Waals surface area (Å²) >= 11 is 3.17. The molecule has 0 aliphatic rings. The lowest BCUT2D eigenvalue weighted by Gasteiger charge is -2.07. The number of halogens is 2. The summed E-state index contributed by atoms with van der Waals surface area (Å²) in [6, 6.07) is 12.7. The van der Waals surface area contributed by atoms with E-state index in [0.717, 1.165) is 11.1 Å². The molecule has 0 unspecified atom stereocenters. The molecule has 3 nitrogen and oxygen atoms in total. The number of nitrogens with one attached hydrogen (secondary N) is 1. The van der Waals surface area contributed by atoms with Crippen molar-refractivity contribution in [3.05, 3.63) is 64.6 Å². The first-order chi connectivity index (χ1) is 9.72. The summed E-state index contributed by atoms with van der Waals surface area (Å²) in [5.74, 6) is 0.386. The maximum absolute atomic E-state index is 13.5. The lowest BCUT2D eigenvalue weighted by molar-refractivity contribution is 0.623. The molecule has 1 N–H and O–H groups in total. The van der Waals surface area contributed by atoms with Crippen molar-refractivity contribution in [2.24, 2.45) is 0 Å². The minimum Gasteiger partial charge on any atom is -0.364 e. The third-order valence-corrected chi connectivity index (χ3v) is 3.52. The smallest absolute Gasteiger partial charge is 0.139 e. The molecule has 5 heteroatoms. The van der Waals surface area contributed by atoms with Gasteiger partial charge in [0.25, 0.3) is 0 Å². The van der Waals surface area contributed by atoms with Crippen molar-refractivity contribution in [1.82, 2.24) is 9.97 Å². The first-order valence-electron chi connectivity index (χ1n) is 6.12. The van der Waals surface area contributed by atoms with Gasteiger partial charge >= 0.3 is 0 Å². The number of nitrogens with zero attached hydrogens (tertiary/aromatic N) is 2. The minimum absolute atomic E-state index is 0.313. The summed E-state index contributed by atoms with van der Waals surface area (Å²) in [6.45, 7) is 0.582. The number of benzene rings is 1. The highest BCUT2D eigenvalue weighted by molar-refractivity contribution is 9.10. The predicted octanol–water partition coefficient (Wildman–Crippen LogP) is 4.14. The zero-order valence-corrected chi connectivity index (χ0v) is 12.1.